The number of aryl methyl sites for hydroxylation is 2. The fourth-order valence-corrected chi connectivity index (χ4v) is 2.50. The van der Waals surface area contributed by atoms with Gasteiger partial charge in [0.2, 0.25) is 0 Å². The third-order valence-corrected chi connectivity index (χ3v) is 3.55. The molecule has 0 saturated heterocycles. The van der Waals surface area contributed by atoms with Crippen LogP contribution in [-0.2, 0) is 13.0 Å². The van der Waals surface area contributed by atoms with E-state index in [1.807, 2.05) is 31.2 Å². The van der Waals surface area contributed by atoms with E-state index in [4.69, 9.17) is 11.6 Å². The van der Waals surface area contributed by atoms with Crippen molar-refractivity contribution in [3.05, 3.63) is 52.3 Å². The summed E-state index contributed by atoms with van der Waals surface area (Å²) in [5.41, 5.74) is 3.03. The summed E-state index contributed by atoms with van der Waals surface area (Å²) in [7, 11) is 0. The van der Waals surface area contributed by atoms with Gasteiger partial charge in [0.1, 0.15) is 6.10 Å². The van der Waals surface area contributed by atoms with Crippen molar-refractivity contribution >= 4 is 11.6 Å². The van der Waals surface area contributed by atoms with Crippen LogP contribution in [0, 0.1) is 6.92 Å². The molecule has 4 heteroatoms. The molecular weight excluding hydrogens is 260 g/mol. The van der Waals surface area contributed by atoms with Crippen molar-refractivity contribution < 1.29 is 5.11 Å². The first-order chi connectivity index (χ1) is 9.13. The summed E-state index contributed by atoms with van der Waals surface area (Å²) >= 11 is 6.14. The number of aliphatic hydroxyl groups is 1. The van der Waals surface area contributed by atoms with Crippen LogP contribution >= 0.6 is 11.6 Å². The molecule has 0 aliphatic rings. The fourth-order valence-electron chi connectivity index (χ4n) is 2.24. The van der Waals surface area contributed by atoms with Crippen LogP contribution in [0.4, 0.5) is 0 Å². The highest BCUT2D eigenvalue weighted by Gasteiger charge is 2.18. The Morgan fingerprint density at radius 1 is 1.37 bits per heavy atom. The number of aromatic nitrogens is 2. The maximum Gasteiger partial charge on any atom is 0.101 e. The quantitative estimate of drug-likeness (QED) is 0.909. The van der Waals surface area contributed by atoms with Gasteiger partial charge in [-0.3, -0.25) is 4.68 Å². The number of hydrogen-bond acceptors (Lipinski definition) is 2. The van der Waals surface area contributed by atoms with Gasteiger partial charge in [0.15, 0.2) is 0 Å². The molecule has 0 saturated carbocycles. The molecule has 102 valence electrons. The van der Waals surface area contributed by atoms with Crippen molar-refractivity contribution in [1.29, 1.82) is 0 Å². The molecule has 3 nitrogen and oxygen atoms in total. The number of aliphatic hydroxyl groups excluding tert-OH is 1. The third kappa shape index (κ3) is 3.17. The van der Waals surface area contributed by atoms with E-state index < -0.39 is 6.10 Å². The lowest BCUT2D eigenvalue weighted by atomic mass is 10.0. The molecule has 0 radical (unpaired) electrons. The summed E-state index contributed by atoms with van der Waals surface area (Å²) in [5, 5.41) is 15.2. The van der Waals surface area contributed by atoms with Gasteiger partial charge in [-0.2, -0.15) is 5.10 Å². The first-order valence-corrected chi connectivity index (χ1v) is 6.95. The lowest BCUT2D eigenvalue weighted by molar-refractivity contribution is 0.166. The SMILES string of the molecule is CCCn1ncc(Cl)c1C(O)Cc1ccccc1C. The average Bonchev–Trinajstić information content (AvgIpc) is 2.74. The van der Waals surface area contributed by atoms with Gasteiger partial charge >= 0.3 is 0 Å². The molecule has 0 aliphatic carbocycles. The van der Waals surface area contributed by atoms with E-state index >= 15 is 0 Å². The van der Waals surface area contributed by atoms with Crippen molar-refractivity contribution in [2.45, 2.75) is 39.3 Å². The van der Waals surface area contributed by atoms with E-state index in [1.54, 1.807) is 10.9 Å². The minimum Gasteiger partial charge on any atom is -0.386 e. The summed E-state index contributed by atoms with van der Waals surface area (Å²) in [6.07, 6.45) is 2.50. The Bertz CT molecular complexity index is 551. The minimum absolute atomic E-state index is 0.537. The van der Waals surface area contributed by atoms with Crippen molar-refractivity contribution in [3.8, 4) is 0 Å². The molecule has 1 aromatic carbocycles. The van der Waals surface area contributed by atoms with E-state index in [0.29, 0.717) is 17.1 Å². The van der Waals surface area contributed by atoms with E-state index in [9.17, 15) is 5.11 Å². The van der Waals surface area contributed by atoms with Gasteiger partial charge in [-0.05, 0) is 24.5 Å². The molecule has 0 amide bonds. The van der Waals surface area contributed by atoms with Gasteiger partial charge in [-0.25, -0.2) is 0 Å². The Hall–Kier alpha value is -1.32. The van der Waals surface area contributed by atoms with E-state index in [1.165, 1.54) is 5.56 Å². The summed E-state index contributed by atoms with van der Waals surface area (Å²) < 4.78 is 1.80. The van der Waals surface area contributed by atoms with Gasteiger partial charge in [0, 0.05) is 13.0 Å². The molecule has 1 aromatic heterocycles. The van der Waals surface area contributed by atoms with Crippen LogP contribution in [-0.4, -0.2) is 14.9 Å². The molecule has 19 heavy (non-hydrogen) atoms. The number of hydrogen-bond donors (Lipinski definition) is 1. The van der Waals surface area contributed by atoms with Crippen LogP contribution in [0.1, 0.15) is 36.3 Å². The van der Waals surface area contributed by atoms with Gasteiger partial charge in [0.25, 0.3) is 0 Å². The van der Waals surface area contributed by atoms with Crippen LogP contribution in [0.3, 0.4) is 0 Å². The monoisotopic (exact) mass is 278 g/mol. The number of halogens is 1. The van der Waals surface area contributed by atoms with Crippen LogP contribution < -0.4 is 0 Å². The van der Waals surface area contributed by atoms with E-state index in [-0.39, 0.29) is 0 Å². The predicted octanol–water partition coefficient (Wildman–Crippen LogP) is 3.53. The third-order valence-electron chi connectivity index (χ3n) is 3.26. The smallest absolute Gasteiger partial charge is 0.101 e. The second kappa shape index (κ2) is 6.22. The molecule has 1 N–H and O–H groups in total. The molecule has 1 unspecified atom stereocenters. The Morgan fingerprint density at radius 2 is 2.11 bits per heavy atom. The van der Waals surface area contributed by atoms with Gasteiger partial charge in [-0.15, -0.1) is 0 Å². The van der Waals surface area contributed by atoms with Crippen molar-refractivity contribution in [2.75, 3.05) is 0 Å². The Labute approximate surface area is 118 Å². The number of nitrogens with zero attached hydrogens (tertiary/aromatic N) is 2. The van der Waals surface area contributed by atoms with Gasteiger partial charge < -0.3 is 5.11 Å². The predicted molar refractivity (Wildman–Crippen MR) is 77.4 cm³/mol. The fraction of sp³-hybridized carbons (Fsp3) is 0.400. The second-order valence-corrected chi connectivity index (χ2v) is 5.15. The summed E-state index contributed by atoms with van der Waals surface area (Å²) in [6, 6.07) is 8.07. The molecular formula is C15H19ClN2O. The zero-order chi connectivity index (χ0) is 13.8. The van der Waals surface area contributed by atoms with Crippen LogP contribution in [0.25, 0.3) is 0 Å². The minimum atomic E-state index is -0.623. The zero-order valence-electron chi connectivity index (χ0n) is 11.3. The highest BCUT2D eigenvalue weighted by molar-refractivity contribution is 6.31. The van der Waals surface area contributed by atoms with Crippen LogP contribution in [0.15, 0.2) is 30.5 Å². The largest absolute Gasteiger partial charge is 0.386 e. The summed E-state index contributed by atoms with van der Waals surface area (Å²) in [5.74, 6) is 0. The topological polar surface area (TPSA) is 38.0 Å². The Balaban J connectivity index is 2.22. The summed E-state index contributed by atoms with van der Waals surface area (Å²) in [4.78, 5) is 0. The average molecular weight is 279 g/mol. The number of benzene rings is 1. The lowest BCUT2D eigenvalue weighted by Crippen LogP contribution is -2.12. The lowest BCUT2D eigenvalue weighted by Gasteiger charge is -2.15. The van der Waals surface area contributed by atoms with Crippen molar-refractivity contribution in [2.24, 2.45) is 0 Å². The van der Waals surface area contributed by atoms with E-state index in [2.05, 4.69) is 12.0 Å². The molecule has 0 spiro atoms. The Kier molecular flexibility index (Phi) is 4.61. The highest BCUT2D eigenvalue weighted by Crippen LogP contribution is 2.26. The normalized spacial score (nSPS) is 12.6. The molecule has 0 fully saturated rings. The first kappa shape index (κ1) is 14.1. The molecule has 1 atom stereocenters. The summed E-state index contributed by atoms with van der Waals surface area (Å²) in [6.45, 7) is 4.90. The van der Waals surface area contributed by atoms with Crippen molar-refractivity contribution in [3.63, 3.8) is 0 Å². The molecule has 0 aliphatic heterocycles. The van der Waals surface area contributed by atoms with Crippen molar-refractivity contribution in [1.82, 2.24) is 9.78 Å². The number of rotatable bonds is 5. The Morgan fingerprint density at radius 3 is 2.79 bits per heavy atom. The van der Waals surface area contributed by atoms with Gasteiger partial charge in [-0.1, -0.05) is 42.8 Å². The highest BCUT2D eigenvalue weighted by atomic mass is 35.5. The molecule has 2 aromatic rings. The molecule has 1 heterocycles. The maximum atomic E-state index is 10.4. The van der Waals surface area contributed by atoms with Crippen LogP contribution in [0.2, 0.25) is 5.02 Å². The van der Waals surface area contributed by atoms with Crippen LogP contribution in [0.5, 0.6) is 0 Å². The second-order valence-electron chi connectivity index (χ2n) is 4.75. The molecule has 0 bridgehead atoms. The standard InChI is InChI=1S/C15H19ClN2O/c1-3-8-18-15(13(16)10-17-18)14(19)9-12-7-5-4-6-11(12)2/h4-7,10,14,19H,3,8-9H2,1-2H3. The van der Waals surface area contributed by atoms with Gasteiger partial charge in [0.05, 0.1) is 16.9 Å². The first-order valence-electron chi connectivity index (χ1n) is 6.57. The maximum absolute atomic E-state index is 10.4. The zero-order valence-corrected chi connectivity index (χ0v) is 12.1. The molecule has 2 rings (SSSR count). The van der Waals surface area contributed by atoms with E-state index in [0.717, 1.165) is 18.5 Å².